The van der Waals surface area contributed by atoms with Crippen LogP contribution in [-0.2, 0) is 14.2 Å². The Hall–Kier alpha value is -0.230. The van der Waals surface area contributed by atoms with Crippen LogP contribution < -0.4 is 0 Å². The molecule has 0 aromatic heterocycles. The Kier molecular flexibility index (Phi) is 5.45. The van der Waals surface area contributed by atoms with Gasteiger partial charge in [-0.25, -0.2) is 4.39 Å². The molecule has 1 N–H and O–H groups in total. The van der Waals surface area contributed by atoms with E-state index in [2.05, 4.69) is 0 Å². The van der Waals surface area contributed by atoms with Crippen molar-refractivity contribution >= 4 is 0 Å². The number of alkyl halides is 1. The van der Waals surface area contributed by atoms with Crippen molar-refractivity contribution in [2.75, 3.05) is 27.0 Å². The lowest BCUT2D eigenvalue weighted by Crippen LogP contribution is -2.37. The zero-order valence-electron chi connectivity index (χ0n) is 9.19. The average Bonchev–Trinajstić information content (AvgIpc) is 2.55. The number of aliphatic hydroxyl groups excluding tert-OH is 1. The Bertz CT molecular complexity index is 179. The van der Waals surface area contributed by atoms with Gasteiger partial charge in [-0.3, -0.25) is 0 Å². The van der Waals surface area contributed by atoms with Crippen molar-refractivity contribution in [2.24, 2.45) is 0 Å². The molecule has 0 aromatic carbocycles. The Morgan fingerprint density at radius 1 is 1.40 bits per heavy atom. The second-order valence-corrected chi connectivity index (χ2v) is 3.65. The molecule has 1 aliphatic rings. The molecule has 0 unspecified atom stereocenters. The molecule has 4 atom stereocenters. The summed E-state index contributed by atoms with van der Waals surface area (Å²) in [5.41, 5.74) is 0. The SMILES string of the molecule is CO[C@H]1[C@@H](OCCCO)[C@H](C)O[C@@H]1CF. The molecule has 1 saturated heterocycles. The Morgan fingerprint density at radius 3 is 2.67 bits per heavy atom. The van der Waals surface area contributed by atoms with Crippen LogP contribution in [0, 0.1) is 0 Å². The third-order valence-corrected chi connectivity index (χ3v) is 2.58. The van der Waals surface area contributed by atoms with Crippen molar-refractivity contribution in [1.82, 2.24) is 0 Å². The van der Waals surface area contributed by atoms with Crippen LogP contribution in [0.4, 0.5) is 4.39 Å². The van der Waals surface area contributed by atoms with E-state index in [-0.39, 0.29) is 24.9 Å². The van der Waals surface area contributed by atoms with E-state index in [0.717, 1.165) is 0 Å². The molecule has 1 heterocycles. The van der Waals surface area contributed by atoms with E-state index in [1.165, 1.54) is 7.11 Å². The quantitative estimate of drug-likeness (QED) is 0.666. The first-order valence-corrected chi connectivity index (χ1v) is 5.21. The number of hydrogen-bond donors (Lipinski definition) is 1. The van der Waals surface area contributed by atoms with E-state index < -0.39 is 12.8 Å². The molecular formula is C10H19FO4. The molecule has 15 heavy (non-hydrogen) atoms. The summed E-state index contributed by atoms with van der Waals surface area (Å²) in [7, 11) is 1.52. The highest BCUT2D eigenvalue weighted by atomic mass is 19.1. The number of rotatable bonds is 6. The zero-order valence-corrected chi connectivity index (χ0v) is 9.19. The smallest absolute Gasteiger partial charge is 0.118 e. The van der Waals surface area contributed by atoms with Crippen LogP contribution in [0.3, 0.4) is 0 Å². The molecule has 5 heteroatoms. The van der Waals surface area contributed by atoms with Crippen molar-refractivity contribution < 1.29 is 23.7 Å². The molecule has 1 rings (SSSR count). The lowest BCUT2D eigenvalue weighted by molar-refractivity contribution is -0.0518. The van der Waals surface area contributed by atoms with Crippen LogP contribution in [0.25, 0.3) is 0 Å². The number of aliphatic hydroxyl groups is 1. The summed E-state index contributed by atoms with van der Waals surface area (Å²) in [5.74, 6) is 0. The highest BCUT2D eigenvalue weighted by molar-refractivity contribution is 4.90. The first kappa shape index (κ1) is 12.8. The maximum atomic E-state index is 12.6. The van der Waals surface area contributed by atoms with E-state index in [0.29, 0.717) is 13.0 Å². The standard InChI is InChI=1S/C10H19FO4/c1-7-9(14-5-3-4-12)10(13-2)8(6-11)15-7/h7-10,12H,3-6H2,1-2H3/t7-,8+,9-,10+/m0/s1. The van der Waals surface area contributed by atoms with Gasteiger partial charge in [0.2, 0.25) is 0 Å². The van der Waals surface area contributed by atoms with Crippen LogP contribution in [0.2, 0.25) is 0 Å². The van der Waals surface area contributed by atoms with E-state index in [4.69, 9.17) is 19.3 Å². The molecule has 0 aliphatic carbocycles. The second kappa shape index (κ2) is 6.37. The first-order chi connectivity index (χ1) is 7.24. The van der Waals surface area contributed by atoms with Crippen LogP contribution in [0.1, 0.15) is 13.3 Å². The topological polar surface area (TPSA) is 47.9 Å². The Labute approximate surface area is 89.3 Å². The van der Waals surface area contributed by atoms with Gasteiger partial charge in [-0.2, -0.15) is 0 Å². The molecule has 90 valence electrons. The number of hydrogen-bond acceptors (Lipinski definition) is 4. The highest BCUT2D eigenvalue weighted by Crippen LogP contribution is 2.26. The summed E-state index contributed by atoms with van der Waals surface area (Å²) in [6.45, 7) is 1.80. The Morgan fingerprint density at radius 2 is 2.13 bits per heavy atom. The van der Waals surface area contributed by atoms with Gasteiger partial charge in [-0.05, 0) is 13.3 Å². The minimum Gasteiger partial charge on any atom is -0.396 e. The lowest BCUT2D eigenvalue weighted by Gasteiger charge is -2.21. The van der Waals surface area contributed by atoms with Crippen LogP contribution >= 0.6 is 0 Å². The van der Waals surface area contributed by atoms with Crippen molar-refractivity contribution in [3.05, 3.63) is 0 Å². The first-order valence-electron chi connectivity index (χ1n) is 5.21. The van der Waals surface area contributed by atoms with Gasteiger partial charge >= 0.3 is 0 Å². The lowest BCUT2D eigenvalue weighted by atomic mass is 10.1. The van der Waals surface area contributed by atoms with Crippen molar-refractivity contribution in [3.63, 3.8) is 0 Å². The predicted octanol–water partition coefficient (Wildman–Crippen LogP) is 0.526. The van der Waals surface area contributed by atoms with Crippen LogP contribution in [-0.4, -0.2) is 56.5 Å². The summed E-state index contributed by atoms with van der Waals surface area (Å²) in [5, 5.41) is 8.62. The molecule has 1 fully saturated rings. The number of ether oxygens (including phenoxy) is 3. The molecule has 0 spiro atoms. The summed E-state index contributed by atoms with van der Waals surface area (Å²) in [6.07, 6.45) is -0.746. The molecular weight excluding hydrogens is 203 g/mol. The maximum Gasteiger partial charge on any atom is 0.118 e. The van der Waals surface area contributed by atoms with Crippen molar-refractivity contribution in [1.29, 1.82) is 0 Å². The summed E-state index contributed by atoms with van der Waals surface area (Å²) >= 11 is 0. The van der Waals surface area contributed by atoms with Crippen LogP contribution in [0.5, 0.6) is 0 Å². The van der Waals surface area contributed by atoms with Crippen molar-refractivity contribution in [3.8, 4) is 0 Å². The number of halogens is 1. The van der Waals surface area contributed by atoms with E-state index in [1.54, 1.807) is 0 Å². The van der Waals surface area contributed by atoms with Gasteiger partial charge in [-0.15, -0.1) is 0 Å². The monoisotopic (exact) mass is 222 g/mol. The normalized spacial score (nSPS) is 36.0. The predicted molar refractivity (Wildman–Crippen MR) is 52.5 cm³/mol. The molecule has 0 saturated carbocycles. The van der Waals surface area contributed by atoms with Gasteiger partial charge in [0.25, 0.3) is 0 Å². The summed E-state index contributed by atoms with van der Waals surface area (Å²) in [6, 6.07) is 0. The highest BCUT2D eigenvalue weighted by Gasteiger charge is 2.43. The van der Waals surface area contributed by atoms with Crippen molar-refractivity contribution in [2.45, 2.75) is 37.8 Å². The fraction of sp³-hybridized carbons (Fsp3) is 1.00. The van der Waals surface area contributed by atoms with E-state index >= 15 is 0 Å². The van der Waals surface area contributed by atoms with Gasteiger partial charge in [-0.1, -0.05) is 0 Å². The maximum absolute atomic E-state index is 12.6. The molecule has 4 nitrogen and oxygen atoms in total. The minimum atomic E-state index is -0.567. The van der Waals surface area contributed by atoms with Gasteiger partial charge in [0.15, 0.2) is 0 Å². The Balaban J connectivity index is 2.45. The second-order valence-electron chi connectivity index (χ2n) is 3.65. The van der Waals surface area contributed by atoms with Gasteiger partial charge in [0.1, 0.15) is 25.0 Å². The largest absolute Gasteiger partial charge is 0.396 e. The third-order valence-electron chi connectivity index (χ3n) is 2.58. The molecule has 1 aliphatic heterocycles. The minimum absolute atomic E-state index is 0.0894. The fourth-order valence-corrected chi connectivity index (χ4v) is 1.83. The number of methoxy groups -OCH3 is 1. The third kappa shape index (κ3) is 3.11. The molecule has 0 radical (unpaired) electrons. The van der Waals surface area contributed by atoms with Gasteiger partial charge in [0.05, 0.1) is 6.10 Å². The fourth-order valence-electron chi connectivity index (χ4n) is 1.83. The average molecular weight is 222 g/mol. The van der Waals surface area contributed by atoms with Gasteiger partial charge < -0.3 is 19.3 Å². The molecule has 0 aromatic rings. The van der Waals surface area contributed by atoms with Crippen LogP contribution in [0.15, 0.2) is 0 Å². The molecule has 0 bridgehead atoms. The van der Waals surface area contributed by atoms with E-state index in [9.17, 15) is 4.39 Å². The summed E-state index contributed by atoms with van der Waals surface area (Å²) < 4.78 is 28.6. The zero-order chi connectivity index (χ0) is 11.3. The van der Waals surface area contributed by atoms with Gasteiger partial charge in [0, 0.05) is 20.3 Å². The summed E-state index contributed by atoms with van der Waals surface area (Å²) in [4.78, 5) is 0. The molecule has 0 amide bonds. The van der Waals surface area contributed by atoms with E-state index in [1.807, 2.05) is 6.92 Å².